The van der Waals surface area contributed by atoms with Crippen LogP contribution in [0.4, 0.5) is 0 Å². The van der Waals surface area contributed by atoms with E-state index in [1.54, 1.807) is 12.4 Å². The Kier molecular flexibility index (Phi) is 3.13. The molecule has 0 bridgehead atoms. The fourth-order valence-electron chi connectivity index (χ4n) is 3.24. The van der Waals surface area contributed by atoms with E-state index in [0.717, 1.165) is 32.9 Å². The number of aryl methyl sites for hydroxylation is 2. The van der Waals surface area contributed by atoms with Crippen LogP contribution in [0.1, 0.15) is 20.7 Å². The summed E-state index contributed by atoms with van der Waals surface area (Å²) in [7, 11) is 0. The second-order valence-corrected chi connectivity index (χ2v) is 6.01. The van der Waals surface area contributed by atoms with Gasteiger partial charge in [0.1, 0.15) is 0 Å². The van der Waals surface area contributed by atoms with Gasteiger partial charge in [-0.1, -0.05) is 36.4 Å². The largest absolute Gasteiger partial charge is 0.321 e. The molecule has 4 heteroatoms. The number of fused-ring (bicyclic) bond motifs is 2. The van der Waals surface area contributed by atoms with Crippen molar-refractivity contribution in [2.45, 2.75) is 13.8 Å². The molecule has 0 saturated carbocycles. The quantitative estimate of drug-likeness (QED) is 0.456. The van der Waals surface area contributed by atoms with Gasteiger partial charge in [-0.2, -0.15) is 0 Å². The predicted octanol–water partition coefficient (Wildman–Crippen LogP) is 4.19. The highest BCUT2D eigenvalue weighted by atomic mass is 16.2. The molecular weight excluding hydrogens is 300 g/mol. The smallest absolute Gasteiger partial charge is 0.279 e. The van der Waals surface area contributed by atoms with Gasteiger partial charge in [-0.3, -0.25) is 18.7 Å². The monoisotopic (exact) mass is 316 g/mol. The van der Waals surface area contributed by atoms with Gasteiger partial charge in [-0.05, 0) is 37.1 Å². The second-order valence-electron chi connectivity index (χ2n) is 6.01. The van der Waals surface area contributed by atoms with Gasteiger partial charge in [-0.25, -0.2) is 0 Å². The van der Waals surface area contributed by atoms with E-state index in [2.05, 4.69) is 0 Å². The van der Waals surface area contributed by atoms with Crippen LogP contribution in [-0.4, -0.2) is 20.9 Å². The summed E-state index contributed by atoms with van der Waals surface area (Å²) in [6, 6.07) is 15.2. The van der Waals surface area contributed by atoms with Gasteiger partial charge >= 0.3 is 11.8 Å². The lowest BCUT2D eigenvalue weighted by molar-refractivity contribution is 0.0722. The molecule has 0 N–H and O–H groups in total. The SMILES string of the molecule is Cc1cn(C(=O)C(=O)n2cc(C)c3ccccc32)c2ccccc12. The van der Waals surface area contributed by atoms with Gasteiger partial charge in [0.05, 0.1) is 11.0 Å². The molecule has 0 saturated heterocycles. The topological polar surface area (TPSA) is 44.0 Å². The number of aromatic nitrogens is 2. The number of benzene rings is 2. The van der Waals surface area contributed by atoms with E-state index in [-0.39, 0.29) is 0 Å². The molecule has 24 heavy (non-hydrogen) atoms. The molecule has 0 atom stereocenters. The molecular formula is C20H16N2O2. The first-order valence-electron chi connectivity index (χ1n) is 7.80. The molecule has 0 fully saturated rings. The summed E-state index contributed by atoms with van der Waals surface area (Å²) in [4.78, 5) is 25.6. The molecule has 0 amide bonds. The highest BCUT2D eigenvalue weighted by Gasteiger charge is 2.22. The number of rotatable bonds is 0. The van der Waals surface area contributed by atoms with Gasteiger partial charge in [0.25, 0.3) is 0 Å². The summed E-state index contributed by atoms with van der Waals surface area (Å²) in [5.74, 6) is -1.11. The molecule has 0 aliphatic carbocycles. The van der Waals surface area contributed by atoms with Crippen molar-refractivity contribution in [3.05, 3.63) is 72.1 Å². The maximum atomic E-state index is 12.8. The Labute approximate surface area is 138 Å². The Hall–Kier alpha value is -3.14. The van der Waals surface area contributed by atoms with E-state index in [9.17, 15) is 9.59 Å². The molecule has 0 spiro atoms. The minimum atomic E-state index is -0.556. The average Bonchev–Trinajstić information content (AvgIpc) is 3.12. The summed E-state index contributed by atoms with van der Waals surface area (Å²) >= 11 is 0. The van der Waals surface area contributed by atoms with E-state index >= 15 is 0 Å². The van der Waals surface area contributed by atoms with Crippen molar-refractivity contribution in [2.75, 3.05) is 0 Å². The number of para-hydroxylation sites is 2. The average molecular weight is 316 g/mol. The molecule has 2 aromatic heterocycles. The number of carbonyl (C=O) groups excluding carboxylic acids is 2. The molecule has 4 rings (SSSR count). The molecule has 118 valence electrons. The van der Waals surface area contributed by atoms with Crippen LogP contribution in [-0.2, 0) is 0 Å². The number of carbonyl (C=O) groups is 2. The summed E-state index contributed by atoms with van der Waals surface area (Å²) < 4.78 is 2.88. The zero-order valence-corrected chi connectivity index (χ0v) is 13.5. The minimum absolute atomic E-state index is 0.556. The fourth-order valence-corrected chi connectivity index (χ4v) is 3.24. The zero-order valence-electron chi connectivity index (χ0n) is 13.5. The fraction of sp³-hybridized carbons (Fsp3) is 0.100. The van der Waals surface area contributed by atoms with Crippen molar-refractivity contribution >= 4 is 33.6 Å². The lowest BCUT2D eigenvalue weighted by Gasteiger charge is -2.05. The molecule has 4 aromatic rings. The molecule has 4 nitrogen and oxygen atoms in total. The normalized spacial score (nSPS) is 11.2. The molecule has 2 aromatic carbocycles. The first-order chi connectivity index (χ1) is 11.6. The Bertz CT molecular complexity index is 1030. The molecule has 0 aliphatic heterocycles. The summed E-state index contributed by atoms with van der Waals surface area (Å²) in [5.41, 5.74) is 3.45. The van der Waals surface area contributed by atoms with E-state index in [1.165, 1.54) is 9.13 Å². The van der Waals surface area contributed by atoms with Gasteiger partial charge in [0.2, 0.25) is 0 Å². The Morgan fingerprint density at radius 3 is 1.46 bits per heavy atom. The Balaban J connectivity index is 1.85. The van der Waals surface area contributed by atoms with Crippen molar-refractivity contribution in [3.63, 3.8) is 0 Å². The van der Waals surface area contributed by atoms with Crippen molar-refractivity contribution < 1.29 is 9.59 Å². The highest BCUT2D eigenvalue weighted by Crippen LogP contribution is 2.23. The van der Waals surface area contributed by atoms with Crippen LogP contribution in [0.5, 0.6) is 0 Å². The van der Waals surface area contributed by atoms with Crippen LogP contribution in [0.25, 0.3) is 21.8 Å². The molecule has 0 radical (unpaired) electrons. The molecule has 0 unspecified atom stereocenters. The van der Waals surface area contributed by atoms with Crippen molar-refractivity contribution in [2.24, 2.45) is 0 Å². The zero-order chi connectivity index (χ0) is 16.8. The number of hydrogen-bond donors (Lipinski definition) is 0. The maximum Gasteiger partial charge on any atom is 0.321 e. The first-order valence-corrected chi connectivity index (χ1v) is 7.80. The molecule has 2 heterocycles. The van der Waals surface area contributed by atoms with Crippen molar-refractivity contribution in [3.8, 4) is 0 Å². The summed E-state index contributed by atoms with van der Waals surface area (Å²) in [5, 5.41) is 1.96. The summed E-state index contributed by atoms with van der Waals surface area (Å²) in [6.45, 7) is 3.87. The summed E-state index contributed by atoms with van der Waals surface area (Å²) in [6.07, 6.45) is 3.45. The number of hydrogen-bond acceptors (Lipinski definition) is 2. The maximum absolute atomic E-state index is 12.8. The lowest BCUT2D eigenvalue weighted by atomic mass is 10.2. The van der Waals surface area contributed by atoms with Crippen LogP contribution in [0.15, 0.2) is 60.9 Å². The molecule has 0 aliphatic rings. The van der Waals surface area contributed by atoms with Crippen molar-refractivity contribution in [1.29, 1.82) is 0 Å². The standard InChI is InChI=1S/C20H16N2O2/c1-13-11-21(17-9-5-3-7-15(13)17)19(23)20(24)22-12-14(2)16-8-4-6-10-18(16)22/h3-12H,1-2H3. The van der Waals surface area contributed by atoms with Gasteiger partial charge < -0.3 is 0 Å². The Morgan fingerprint density at radius 2 is 1.04 bits per heavy atom. The van der Waals surface area contributed by atoms with Crippen LogP contribution < -0.4 is 0 Å². The first kappa shape index (κ1) is 14.5. The predicted molar refractivity (Wildman–Crippen MR) is 94.6 cm³/mol. The second kappa shape index (κ2) is 5.20. The lowest BCUT2D eigenvalue weighted by Crippen LogP contribution is -2.26. The minimum Gasteiger partial charge on any atom is -0.279 e. The highest BCUT2D eigenvalue weighted by molar-refractivity contribution is 6.39. The third-order valence-corrected chi connectivity index (χ3v) is 4.44. The van der Waals surface area contributed by atoms with Crippen molar-refractivity contribution in [1.82, 2.24) is 9.13 Å². The van der Waals surface area contributed by atoms with E-state index in [1.807, 2.05) is 62.4 Å². The van der Waals surface area contributed by atoms with Gasteiger partial charge in [0.15, 0.2) is 0 Å². The van der Waals surface area contributed by atoms with Crippen LogP contribution >= 0.6 is 0 Å². The van der Waals surface area contributed by atoms with Crippen LogP contribution in [0, 0.1) is 13.8 Å². The van der Waals surface area contributed by atoms with E-state index in [4.69, 9.17) is 0 Å². The van der Waals surface area contributed by atoms with Gasteiger partial charge in [0, 0.05) is 23.2 Å². The third kappa shape index (κ3) is 2.00. The third-order valence-electron chi connectivity index (χ3n) is 4.44. The number of nitrogens with zero attached hydrogens (tertiary/aromatic N) is 2. The van der Waals surface area contributed by atoms with Gasteiger partial charge in [-0.15, -0.1) is 0 Å². The Morgan fingerprint density at radius 1 is 0.667 bits per heavy atom. The van der Waals surface area contributed by atoms with E-state index < -0.39 is 11.8 Å². The van der Waals surface area contributed by atoms with E-state index in [0.29, 0.717) is 0 Å². The van der Waals surface area contributed by atoms with Crippen LogP contribution in [0.2, 0.25) is 0 Å². The van der Waals surface area contributed by atoms with Crippen LogP contribution in [0.3, 0.4) is 0 Å².